The van der Waals surface area contributed by atoms with Gasteiger partial charge in [-0.1, -0.05) is 5.92 Å². The molecule has 94 valence electrons. The molecule has 8 heteroatoms. The Hall–Kier alpha value is -0.380. The highest BCUT2D eigenvalue weighted by Gasteiger charge is 2.32. The maximum absolute atomic E-state index is 11.8. The third-order valence-electron chi connectivity index (χ3n) is 1.29. The van der Waals surface area contributed by atoms with E-state index < -0.39 is 29.8 Å². The Labute approximate surface area is 95.9 Å². The van der Waals surface area contributed by atoms with Gasteiger partial charge in [0, 0.05) is 0 Å². The molecule has 0 rings (SSSR count). The minimum atomic E-state index is -4.00. The van der Waals surface area contributed by atoms with Crippen LogP contribution < -0.4 is 0 Å². The maximum Gasteiger partial charge on any atom is 0.348 e. The van der Waals surface area contributed by atoms with E-state index in [4.69, 9.17) is 15.5 Å². The van der Waals surface area contributed by atoms with Gasteiger partial charge in [0.15, 0.2) is 5.49 Å². The van der Waals surface area contributed by atoms with Gasteiger partial charge in [-0.2, -0.15) is 8.42 Å². The lowest BCUT2D eigenvalue weighted by atomic mass is 10.8. The van der Waals surface area contributed by atoms with Crippen LogP contribution in [0.1, 0.15) is 13.8 Å². The van der Waals surface area contributed by atoms with E-state index >= 15 is 0 Å². The molecule has 0 N–H and O–H groups in total. The van der Waals surface area contributed by atoms with Gasteiger partial charge >= 0.3 is 7.60 Å². The molecule has 0 atom stereocenters. The summed E-state index contributed by atoms with van der Waals surface area (Å²) in [6.45, 7) is 2.94. The van der Waals surface area contributed by atoms with Gasteiger partial charge in [-0.25, -0.2) is 0 Å². The smallest absolute Gasteiger partial charge is 0.308 e. The van der Waals surface area contributed by atoms with Gasteiger partial charge in [0.05, 0.1) is 13.2 Å². The van der Waals surface area contributed by atoms with Crippen molar-refractivity contribution in [2.45, 2.75) is 13.8 Å². The Kier molecular flexibility index (Phi) is 6.88. The van der Waals surface area contributed by atoms with E-state index in [1.807, 2.05) is 5.92 Å². The zero-order valence-electron chi connectivity index (χ0n) is 9.21. The highest BCUT2D eigenvalue weighted by Crippen LogP contribution is 2.49. The summed E-state index contributed by atoms with van der Waals surface area (Å²) in [6, 6.07) is 0. The van der Waals surface area contributed by atoms with Crippen LogP contribution in [0.3, 0.4) is 0 Å². The van der Waals surface area contributed by atoms with E-state index in [2.05, 4.69) is 4.18 Å². The van der Waals surface area contributed by atoms with Gasteiger partial charge in [0.2, 0.25) is 0 Å². The number of hydrogen-bond donors (Lipinski definition) is 0. The van der Waals surface area contributed by atoms with Crippen LogP contribution in [0.25, 0.3) is 0 Å². The zero-order chi connectivity index (χ0) is 12.7. The van der Waals surface area contributed by atoms with Crippen LogP contribution in [0.4, 0.5) is 0 Å². The quantitative estimate of drug-likeness (QED) is 0.374. The van der Waals surface area contributed by atoms with Crippen molar-refractivity contribution in [1.82, 2.24) is 0 Å². The molecule has 16 heavy (non-hydrogen) atoms. The monoisotopic (exact) mass is 270 g/mol. The van der Waals surface area contributed by atoms with Crippen molar-refractivity contribution >= 4 is 17.7 Å². The van der Waals surface area contributed by atoms with Crippen LogP contribution >= 0.6 is 7.60 Å². The highest BCUT2D eigenvalue weighted by atomic mass is 32.2. The van der Waals surface area contributed by atoms with Crippen LogP contribution in [0.2, 0.25) is 0 Å². The van der Waals surface area contributed by atoms with Gasteiger partial charge in [0.1, 0.15) is 6.61 Å². The van der Waals surface area contributed by atoms with Crippen molar-refractivity contribution in [3.63, 3.8) is 0 Å². The second-order valence-corrected chi connectivity index (χ2v) is 6.72. The van der Waals surface area contributed by atoms with Gasteiger partial charge in [-0.15, -0.1) is 6.42 Å². The molecule has 0 aromatic heterocycles. The Morgan fingerprint density at radius 2 is 1.75 bits per heavy atom. The summed E-state index contributed by atoms with van der Waals surface area (Å²) in [5.41, 5.74) is -0.830. The second kappa shape index (κ2) is 7.05. The zero-order valence-corrected chi connectivity index (χ0v) is 10.9. The van der Waals surface area contributed by atoms with Gasteiger partial charge in [-0.3, -0.25) is 8.75 Å². The number of terminal acetylenes is 1. The first-order valence-corrected chi connectivity index (χ1v) is 7.88. The van der Waals surface area contributed by atoms with Crippen molar-refractivity contribution in [3.05, 3.63) is 0 Å². The molecule has 0 radical (unpaired) electrons. The molecule has 0 saturated heterocycles. The molecule has 0 aliphatic carbocycles. The molecular formula is C8H15O6PS. The Morgan fingerprint density at radius 1 is 1.25 bits per heavy atom. The third-order valence-corrected chi connectivity index (χ3v) is 5.60. The molecule has 0 amide bonds. The topological polar surface area (TPSA) is 78.9 Å². The predicted molar refractivity (Wildman–Crippen MR) is 59.4 cm³/mol. The largest absolute Gasteiger partial charge is 0.348 e. The van der Waals surface area contributed by atoms with E-state index in [-0.39, 0.29) is 13.2 Å². The normalized spacial score (nSPS) is 12.3. The van der Waals surface area contributed by atoms with E-state index in [1.165, 1.54) is 0 Å². The van der Waals surface area contributed by atoms with Crippen LogP contribution in [-0.2, 0) is 27.9 Å². The molecule has 0 fully saturated rings. The van der Waals surface area contributed by atoms with Crippen molar-refractivity contribution < 1.29 is 26.2 Å². The molecule has 0 aliphatic heterocycles. The number of rotatable bonds is 8. The van der Waals surface area contributed by atoms with E-state index in [0.29, 0.717) is 0 Å². The van der Waals surface area contributed by atoms with Gasteiger partial charge < -0.3 is 9.05 Å². The summed E-state index contributed by atoms with van der Waals surface area (Å²) in [5.74, 6) is 2.00. The molecule has 0 saturated carbocycles. The lowest BCUT2D eigenvalue weighted by Gasteiger charge is -2.16. The van der Waals surface area contributed by atoms with Crippen molar-refractivity contribution in [3.8, 4) is 12.3 Å². The standard InChI is InChI=1S/C8H15O6PS/c1-4-7-14-16(10,11)8-15(9,12-5-2)13-6-3/h1H,5-8H2,2-3H3. The summed E-state index contributed by atoms with van der Waals surface area (Å²) >= 11 is 0. The predicted octanol–water partition coefficient (Wildman–Crippen LogP) is 1.19. The first kappa shape index (κ1) is 15.6. The molecule has 0 aromatic carbocycles. The molecule has 0 aromatic rings. The first-order valence-electron chi connectivity index (χ1n) is 4.58. The van der Waals surface area contributed by atoms with E-state index in [0.717, 1.165) is 0 Å². The summed E-state index contributed by atoms with van der Waals surface area (Å²) in [7, 11) is -7.66. The lowest BCUT2D eigenvalue weighted by Crippen LogP contribution is -2.14. The summed E-state index contributed by atoms with van der Waals surface area (Å²) in [6.07, 6.45) is 4.85. The summed E-state index contributed by atoms with van der Waals surface area (Å²) < 4.78 is 48.4. The molecule has 0 aliphatic rings. The minimum absolute atomic E-state index is 0.0853. The average Bonchev–Trinajstić information content (AvgIpc) is 2.14. The molecular weight excluding hydrogens is 255 g/mol. The van der Waals surface area contributed by atoms with Gasteiger partial charge in [0.25, 0.3) is 10.1 Å². The van der Waals surface area contributed by atoms with Crippen molar-refractivity contribution in [1.29, 1.82) is 0 Å². The fourth-order valence-electron chi connectivity index (χ4n) is 0.860. The summed E-state index contributed by atoms with van der Waals surface area (Å²) in [4.78, 5) is 0. The van der Waals surface area contributed by atoms with Crippen LogP contribution in [-0.4, -0.2) is 33.7 Å². The Morgan fingerprint density at radius 3 is 2.12 bits per heavy atom. The Bertz CT molecular complexity index is 372. The van der Waals surface area contributed by atoms with Crippen LogP contribution in [0, 0.1) is 12.3 Å². The number of hydrogen-bond acceptors (Lipinski definition) is 6. The fourth-order valence-corrected chi connectivity index (χ4v) is 4.41. The minimum Gasteiger partial charge on any atom is -0.308 e. The molecule has 6 nitrogen and oxygen atoms in total. The van der Waals surface area contributed by atoms with E-state index in [1.54, 1.807) is 13.8 Å². The molecule has 0 heterocycles. The third kappa shape index (κ3) is 6.26. The lowest BCUT2D eigenvalue weighted by molar-refractivity contribution is 0.222. The molecule has 0 bridgehead atoms. The van der Waals surface area contributed by atoms with E-state index in [9.17, 15) is 13.0 Å². The van der Waals surface area contributed by atoms with Crippen molar-refractivity contribution in [2.24, 2.45) is 0 Å². The first-order chi connectivity index (χ1) is 7.39. The van der Waals surface area contributed by atoms with Gasteiger partial charge in [-0.05, 0) is 13.8 Å². The molecule has 0 unspecified atom stereocenters. The average molecular weight is 270 g/mol. The fraction of sp³-hybridized carbons (Fsp3) is 0.750. The Balaban J connectivity index is 4.63. The molecule has 0 spiro atoms. The van der Waals surface area contributed by atoms with Crippen molar-refractivity contribution in [2.75, 3.05) is 25.3 Å². The van der Waals surface area contributed by atoms with Crippen LogP contribution in [0.15, 0.2) is 0 Å². The highest BCUT2D eigenvalue weighted by molar-refractivity contribution is 7.93. The van der Waals surface area contributed by atoms with Crippen LogP contribution in [0.5, 0.6) is 0 Å². The SMILES string of the molecule is C#CCOS(=O)(=O)CP(=O)(OCC)OCC. The maximum atomic E-state index is 11.8. The summed E-state index contributed by atoms with van der Waals surface area (Å²) in [5, 5.41) is 0. The second-order valence-electron chi connectivity index (χ2n) is 2.60.